The van der Waals surface area contributed by atoms with Gasteiger partial charge in [-0.1, -0.05) is 17.7 Å². The molecule has 0 spiro atoms. The molecule has 1 atom stereocenters. The summed E-state index contributed by atoms with van der Waals surface area (Å²) in [6, 6.07) is 4.30. The molecule has 72 valence electrons. The van der Waals surface area contributed by atoms with Crippen LogP contribution in [0.4, 0.5) is 4.39 Å². The highest BCUT2D eigenvalue weighted by molar-refractivity contribution is 6.31. The van der Waals surface area contributed by atoms with Crippen LogP contribution < -0.4 is 5.73 Å². The summed E-state index contributed by atoms with van der Waals surface area (Å²) in [4.78, 5) is 0. The average Bonchev–Trinajstić information content (AvgIpc) is 2.03. The van der Waals surface area contributed by atoms with Gasteiger partial charge in [-0.15, -0.1) is 0 Å². The van der Waals surface area contributed by atoms with Gasteiger partial charge >= 0.3 is 0 Å². The molecule has 3 N–H and O–H groups in total. The molecule has 1 rings (SSSR count). The monoisotopic (exact) mass is 203 g/mol. The predicted octanol–water partition coefficient (Wildman–Crippen LogP) is 1.65. The van der Waals surface area contributed by atoms with Gasteiger partial charge in [0.1, 0.15) is 5.82 Å². The molecule has 2 nitrogen and oxygen atoms in total. The van der Waals surface area contributed by atoms with Crippen molar-refractivity contribution in [2.24, 2.45) is 5.73 Å². The summed E-state index contributed by atoms with van der Waals surface area (Å²) in [7, 11) is 0. The van der Waals surface area contributed by atoms with Crippen molar-refractivity contribution in [1.82, 2.24) is 0 Å². The Labute approximate surface area is 81.1 Å². The van der Waals surface area contributed by atoms with Crippen LogP contribution in [0.3, 0.4) is 0 Å². The molecule has 0 saturated carbocycles. The van der Waals surface area contributed by atoms with Gasteiger partial charge in [0.25, 0.3) is 0 Å². The first kappa shape index (κ1) is 10.4. The minimum atomic E-state index is -1.14. The molecular weight excluding hydrogens is 193 g/mol. The molecular formula is C9H11ClFNO. The maximum atomic E-state index is 13.3. The van der Waals surface area contributed by atoms with Crippen LogP contribution in [0.25, 0.3) is 0 Å². The molecule has 1 aromatic carbocycles. The van der Waals surface area contributed by atoms with E-state index < -0.39 is 11.4 Å². The third-order valence-electron chi connectivity index (χ3n) is 1.86. The van der Waals surface area contributed by atoms with Crippen LogP contribution in [0.2, 0.25) is 5.02 Å². The SMILES string of the molecule is CC(N)(CO)c1c(F)cccc1Cl. The normalized spacial score (nSPS) is 15.5. The third-order valence-corrected chi connectivity index (χ3v) is 2.18. The lowest BCUT2D eigenvalue weighted by Crippen LogP contribution is -2.38. The van der Waals surface area contributed by atoms with Gasteiger partial charge in [-0.05, 0) is 19.1 Å². The van der Waals surface area contributed by atoms with Crippen molar-refractivity contribution in [3.8, 4) is 0 Å². The molecule has 0 saturated heterocycles. The molecule has 0 aliphatic carbocycles. The molecule has 0 aliphatic rings. The summed E-state index contributed by atoms with van der Waals surface area (Å²) in [6.07, 6.45) is 0. The lowest BCUT2D eigenvalue weighted by Gasteiger charge is -2.23. The van der Waals surface area contributed by atoms with Gasteiger partial charge in [-0.25, -0.2) is 4.39 Å². The minimum Gasteiger partial charge on any atom is -0.394 e. The second-order valence-electron chi connectivity index (χ2n) is 3.17. The van der Waals surface area contributed by atoms with E-state index in [0.29, 0.717) is 0 Å². The van der Waals surface area contributed by atoms with E-state index in [1.165, 1.54) is 19.1 Å². The maximum absolute atomic E-state index is 13.3. The van der Waals surface area contributed by atoms with E-state index in [1.54, 1.807) is 6.07 Å². The van der Waals surface area contributed by atoms with Crippen LogP contribution in [0.15, 0.2) is 18.2 Å². The van der Waals surface area contributed by atoms with E-state index in [2.05, 4.69) is 0 Å². The van der Waals surface area contributed by atoms with Crippen LogP contribution in [-0.4, -0.2) is 11.7 Å². The van der Waals surface area contributed by atoms with Crippen molar-refractivity contribution in [1.29, 1.82) is 0 Å². The van der Waals surface area contributed by atoms with Crippen molar-refractivity contribution in [3.05, 3.63) is 34.6 Å². The molecule has 4 heteroatoms. The summed E-state index contributed by atoms with van der Waals surface area (Å²) in [5.41, 5.74) is 4.68. The molecule has 1 unspecified atom stereocenters. The largest absolute Gasteiger partial charge is 0.394 e. The average molecular weight is 204 g/mol. The summed E-state index contributed by atoms with van der Waals surface area (Å²) < 4.78 is 13.3. The van der Waals surface area contributed by atoms with E-state index in [4.69, 9.17) is 22.4 Å². The summed E-state index contributed by atoms with van der Waals surface area (Å²) >= 11 is 5.76. The molecule has 1 aromatic rings. The molecule has 13 heavy (non-hydrogen) atoms. The van der Waals surface area contributed by atoms with Crippen molar-refractivity contribution in [2.75, 3.05) is 6.61 Å². The zero-order chi connectivity index (χ0) is 10.1. The highest BCUT2D eigenvalue weighted by atomic mass is 35.5. The lowest BCUT2D eigenvalue weighted by molar-refractivity contribution is 0.206. The van der Waals surface area contributed by atoms with E-state index >= 15 is 0 Å². The number of hydrogen-bond acceptors (Lipinski definition) is 2. The second kappa shape index (κ2) is 3.62. The molecule has 0 amide bonds. The predicted molar refractivity (Wildman–Crippen MR) is 50.0 cm³/mol. The number of aliphatic hydroxyl groups excluding tert-OH is 1. The zero-order valence-electron chi connectivity index (χ0n) is 7.22. The lowest BCUT2D eigenvalue weighted by atomic mass is 9.94. The fraction of sp³-hybridized carbons (Fsp3) is 0.333. The van der Waals surface area contributed by atoms with Crippen LogP contribution in [0.5, 0.6) is 0 Å². The Kier molecular flexibility index (Phi) is 2.91. The van der Waals surface area contributed by atoms with Gasteiger partial charge in [0.05, 0.1) is 12.1 Å². The van der Waals surface area contributed by atoms with Gasteiger partial charge in [0.2, 0.25) is 0 Å². The molecule has 0 radical (unpaired) electrons. The number of halogens is 2. The minimum absolute atomic E-state index is 0.152. The standard InChI is InChI=1S/C9H11ClFNO/c1-9(12,5-13)8-6(10)3-2-4-7(8)11/h2-4,13H,5,12H2,1H3. The first-order valence-electron chi connectivity index (χ1n) is 3.83. The van der Waals surface area contributed by atoms with E-state index in [-0.39, 0.29) is 17.2 Å². The smallest absolute Gasteiger partial charge is 0.129 e. The van der Waals surface area contributed by atoms with E-state index in [9.17, 15) is 4.39 Å². The van der Waals surface area contributed by atoms with E-state index in [0.717, 1.165) is 0 Å². The third kappa shape index (κ3) is 1.99. The Bertz CT molecular complexity index is 294. The van der Waals surface area contributed by atoms with Crippen molar-refractivity contribution < 1.29 is 9.50 Å². The first-order chi connectivity index (χ1) is 5.99. The number of hydrogen-bond donors (Lipinski definition) is 2. The number of benzene rings is 1. The molecule has 0 aliphatic heterocycles. The van der Waals surface area contributed by atoms with Crippen molar-refractivity contribution in [3.63, 3.8) is 0 Å². The van der Waals surface area contributed by atoms with Crippen LogP contribution in [0, 0.1) is 5.82 Å². The van der Waals surface area contributed by atoms with Crippen LogP contribution in [-0.2, 0) is 5.54 Å². The second-order valence-corrected chi connectivity index (χ2v) is 3.58. The number of nitrogens with two attached hydrogens (primary N) is 1. The van der Waals surface area contributed by atoms with Gasteiger partial charge in [-0.2, -0.15) is 0 Å². The molecule has 0 bridgehead atoms. The van der Waals surface area contributed by atoms with Crippen molar-refractivity contribution in [2.45, 2.75) is 12.5 Å². The maximum Gasteiger partial charge on any atom is 0.129 e. The Hall–Kier alpha value is -0.640. The quantitative estimate of drug-likeness (QED) is 0.768. The summed E-state index contributed by atoms with van der Waals surface area (Å²) in [6.45, 7) is 1.17. The topological polar surface area (TPSA) is 46.2 Å². The summed E-state index contributed by atoms with van der Waals surface area (Å²) in [5.74, 6) is -0.494. The Balaban J connectivity index is 3.28. The first-order valence-corrected chi connectivity index (χ1v) is 4.21. The zero-order valence-corrected chi connectivity index (χ0v) is 7.98. The number of rotatable bonds is 2. The Morgan fingerprint density at radius 2 is 2.23 bits per heavy atom. The Morgan fingerprint density at radius 3 is 2.69 bits per heavy atom. The fourth-order valence-electron chi connectivity index (χ4n) is 1.12. The van der Waals surface area contributed by atoms with Gasteiger partial charge in [0.15, 0.2) is 0 Å². The highest BCUT2D eigenvalue weighted by Crippen LogP contribution is 2.28. The molecule has 0 fully saturated rings. The van der Waals surface area contributed by atoms with Crippen molar-refractivity contribution >= 4 is 11.6 Å². The van der Waals surface area contributed by atoms with E-state index in [1.807, 2.05) is 0 Å². The molecule has 0 aromatic heterocycles. The highest BCUT2D eigenvalue weighted by Gasteiger charge is 2.26. The van der Waals surface area contributed by atoms with Gasteiger partial charge < -0.3 is 10.8 Å². The van der Waals surface area contributed by atoms with Crippen LogP contribution >= 0.6 is 11.6 Å². The fourth-order valence-corrected chi connectivity index (χ4v) is 1.50. The summed E-state index contributed by atoms with van der Waals surface area (Å²) in [5, 5.41) is 9.18. The van der Waals surface area contributed by atoms with Crippen LogP contribution in [0.1, 0.15) is 12.5 Å². The van der Waals surface area contributed by atoms with Gasteiger partial charge in [-0.3, -0.25) is 0 Å². The number of aliphatic hydroxyl groups is 1. The Morgan fingerprint density at radius 1 is 1.62 bits per heavy atom. The molecule has 0 heterocycles. The van der Waals surface area contributed by atoms with Gasteiger partial charge in [0, 0.05) is 10.6 Å².